The highest BCUT2D eigenvalue weighted by Crippen LogP contribution is 2.43. The summed E-state index contributed by atoms with van der Waals surface area (Å²) >= 11 is 0. The quantitative estimate of drug-likeness (QED) is 0.858. The smallest absolute Gasteiger partial charge is 0.233 e. The molecule has 6 nitrogen and oxygen atoms in total. The summed E-state index contributed by atoms with van der Waals surface area (Å²) in [6.07, 6.45) is 4.45. The van der Waals surface area contributed by atoms with Crippen molar-refractivity contribution in [2.24, 2.45) is 11.1 Å². The van der Waals surface area contributed by atoms with E-state index < -0.39 is 15.4 Å². The van der Waals surface area contributed by atoms with Crippen LogP contribution in [-0.2, 0) is 20.2 Å². The van der Waals surface area contributed by atoms with Crippen molar-refractivity contribution < 1.29 is 17.9 Å². The SMILES string of the molecule is COc1ccc(C2(C(=O)N3CC[C@H](CS(N)(=O)=O)C3)CCCC2)cc1. The highest BCUT2D eigenvalue weighted by molar-refractivity contribution is 7.89. The molecular formula is C18H26N2O4S. The van der Waals surface area contributed by atoms with Gasteiger partial charge < -0.3 is 9.64 Å². The maximum atomic E-state index is 13.3. The molecule has 1 atom stereocenters. The molecule has 0 unspecified atom stereocenters. The Morgan fingerprint density at radius 3 is 2.48 bits per heavy atom. The van der Waals surface area contributed by atoms with Crippen LogP contribution in [0.5, 0.6) is 5.75 Å². The van der Waals surface area contributed by atoms with Gasteiger partial charge in [0, 0.05) is 13.1 Å². The van der Waals surface area contributed by atoms with Crippen molar-refractivity contribution in [1.29, 1.82) is 0 Å². The number of hydrogen-bond acceptors (Lipinski definition) is 4. The van der Waals surface area contributed by atoms with Crippen LogP contribution in [0.2, 0.25) is 0 Å². The second-order valence-electron chi connectivity index (χ2n) is 7.25. The molecule has 138 valence electrons. The molecular weight excluding hydrogens is 340 g/mol. The summed E-state index contributed by atoms with van der Waals surface area (Å²) in [6.45, 7) is 1.09. The average molecular weight is 366 g/mol. The summed E-state index contributed by atoms with van der Waals surface area (Å²) in [7, 11) is -1.88. The van der Waals surface area contributed by atoms with Crippen LogP contribution < -0.4 is 9.88 Å². The lowest BCUT2D eigenvalue weighted by molar-refractivity contribution is -0.136. The van der Waals surface area contributed by atoms with Crippen molar-refractivity contribution in [2.75, 3.05) is 26.0 Å². The van der Waals surface area contributed by atoms with Gasteiger partial charge in [0.1, 0.15) is 5.75 Å². The van der Waals surface area contributed by atoms with Crippen molar-refractivity contribution in [3.05, 3.63) is 29.8 Å². The lowest BCUT2D eigenvalue weighted by Crippen LogP contribution is -2.44. The predicted molar refractivity (Wildman–Crippen MR) is 95.8 cm³/mol. The van der Waals surface area contributed by atoms with Gasteiger partial charge in [-0.3, -0.25) is 4.79 Å². The number of methoxy groups -OCH3 is 1. The molecule has 3 rings (SSSR count). The molecule has 2 aliphatic rings. The Kier molecular flexibility index (Phi) is 5.06. The van der Waals surface area contributed by atoms with Crippen molar-refractivity contribution in [3.63, 3.8) is 0 Å². The normalized spacial score (nSPS) is 23.0. The Morgan fingerprint density at radius 2 is 1.92 bits per heavy atom. The van der Waals surface area contributed by atoms with Gasteiger partial charge >= 0.3 is 0 Å². The summed E-state index contributed by atoms with van der Waals surface area (Å²) in [5.74, 6) is 0.797. The Morgan fingerprint density at radius 1 is 1.28 bits per heavy atom. The first-order chi connectivity index (χ1) is 11.8. The van der Waals surface area contributed by atoms with Crippen LogP contribution >= 0.6 is 0 Å². The van der Waals surface area contributed by atoms with Gasteiger partial charge in [-0.2, -0.15) is 0 Å². The number of primary sulfonamides is 1. The number of amides is 1. The molecule has 0 radical (unpaired) electrons. The zero-order chi connectivity index (χ0) is 18.1. The zero-order valence-electron chi connectivity index (χ0n) is 14.6. The fourth-order valence-corrected chi connectivity index (χ4v) is 5.23. The Labute approximate surface area is 149 Å². The fraction of sp³-hybridized carbons (Fsp3) is 0.611. The number of carbonyl (C=O) groups excluding carboxylic acids is 1. The van der Waals surface area contributed by atoms with E-state index in [0.717, 1.165) is 37.0 Å². The number of hydrogen-bond donors (Lipinski definition) is 1. The molecule has 1 amide bonds. The molecule has 1 aromatic carbocycles. The van der Waals surface area contributed by atoms with E-state index in [1.807, 2.05) is 29.2 Å². The lowest BCUT2D eigenvalue weighted by Gasteiger charge is -2.33. The maximum absolute atomic E-state index is 13.3. The molecule has 0 aromatic heterocycles. The van der Waals surface area contributed by atoms with E-state index in [-0.39, 0.29) is 17.6 Å². The molecule has 1 heterocycles. The molecule has 25 heavy (non-hydrogen) atoms. The third-order valence-electron chi connectivity index (χ3n) is 5.55. The second kappa shape index (κ2) is 6.96. The van der Waals surface area contributed by atoms with Gasteiger partial charge in [0.25, 0.3) is 0 Å². The van der Waals surface area contributed by atoms with Gasteiger partial charge in [-0.25, -0.2) is 13.6 Å². The Hall–Kier alpha value is -1.60. The molecule has 0 bridgehead atoms. The zero-order valence-corrected chi connectivity index (χ0v) is 15.4. The Bertz CT molecular complexity index is 724. The Balaban J connectivity index is 1.79. The molecule has 1 saturated carbocycles. The second-order valence-corrected chi connectivity index (χ2v) is 8.91. The number of ether oxygens (including phenoxy) is 1. The van der Waals surface area contributed by atoms with Crippen LogP contribution in [0.1, 0.15) is 37.7 Å². The summed E-state index contributed by atoms with van der Waals surface area (Å²) in [4.78, 5) is 15.2. The molecule has 0 spiro atoms. The first-order valence-corrected chi connectivity index (χ1v) is 10.5. The minimum atomic E-state index is -3.50. The van der Waals surface area contributed by atoms with Crippen LogP contribution in [0, 0.1) is 5.92 Å². The summed E-state index contributed by atoms with van der Waals surface area (Å²) in [5.41, 5.74) is 0.550. The number of benzene rings is 1. The van der Waals surface area contributed by atoms with Crippen LogP contribution in [0.25, 0.3) is 0 Å². The van der Waals surface area contributed by atoms with Gasteiger partial charge in [0.05, 0.1) is 18.3 Å². The number of carbonyl (C=O) groups is 1. The minimum absolute atomic E-state index is 0.0493. The molecule has 1 saturated heterocycles. The van der Waals surface area contributed by atoms with Crippen LogP contribution in [0.15, 0.2) is 24.3 Å². The monoisotopic (exact) mass is 366 g/mol. The highest BCUT2D eigenvalue weighted by Gasteiger charge is 2.46. The van der Waals surface area contributed by atoms with E-state index in [2.05, 4.69) is 0 Å². The van der Waals surface area contributed by atoms with Gasteiger partial charge in [-0.05, 0) is 42.9 Å². The molecule has 1 aromatic rings. The van der Waals surface area contributed by atoms with Gasteiger partial charge in [0.2, 0.25) is 15.9 Å². The van der Waals surface area contributed by atoms with E-state index in [9.17, 15) is 13.2 Å². The van der Waals surface area contributed by atoms with Gasteiger partial charge in [-0.15, -0.1) is 0 Å². The predicted octanol–water partition coefficient (Wildman–Crippen LogP) is 1.64. The van der Waals surface area contributed by atoms with Crippen molar-refractivity contribution >= 4 is 15.9 Å². The van der Waals surface area contributed by atoms with Gasteiger partial charge in [0.15, 0.2) is 0 Å². The van der Waals surface area contributed by atoms with E-state index in [4.69, 9.17) is 9.88 Å². The molecule has 1 aliphatic carbocycles. The molecule has 7 heteroatoms. The number of rotatable bonds is 5. The molecule has 2 N–H and O–H groups in total. The van der Waals surface area contributed by atoms with Crippen molar-refractivity contribution in [3.8, 4) is 5.75 Å². The summed E-state index contributed by atoms with van der Waals surface area (Å²) in [6, 6.07) is 7.77. The lowest BCUT2D eigenvalue weighted by atomic mass is 9.77. The fourth-order valence-electron chi connectivity index (χ4n) is 4.30. The third-order valence-corrected chi connectivity index (χ3v) is 6.49. The largest absolute Gasteiger partial charge is 0.497 e. The number of likely N-dealkylation sites (tertiary alicyclic amines) is 1. The topological polar surface area (TPSA) is 89.7 Å². The van der Waals surface area contributed by atoms with Crippen LogP contribution in [0.4, 0.5) is 0 Å². The summed E-state index contributed by atoms with van der Waals surface area (Å²) < 4.78 is 27.9. The summed E-state index contributed by atoms with van der Waals surface area (Å²) in [5, 5.41) is 5.16. The maximum Gasteiger partial charge on any atom is 0.233 e. The number of nitrogens with two attached hydrogens (primary N) is 1. The average Bonchev–Trinajstić information content (AvgIpc) is 3.23. The van der Waals surface area contributed by atoms with E-state index >= 15 is 0 Å². The van der Waals surface area contributed by atoms with Crippen LogP contribution in [-0.4, -0.2) is 45.2 Å². The highest BCUT2D eigenvalue weighted by atomic mass is 32.2. The standard InChI is InChI=1S/C18H26N2O4S/c1-24-16-6-4-15(5-7-16)18(9-2-3-10-18)17(21)20-11-8-14(12-20)13-25(19,22)23/h4-7,14H,2-3,8-13H2,1H3,(H2,19,22,23)/t14-/m0/s1. The molecule has 1 aliphatic heterocycles. The van der Waals surface area contributed by atoms with Crippen LogP contribution in [0.3, 0.4) is 0 Å². The van der Waals surface area contributed by atoms with E-state index in [1.165, 1.54) is 0 Å². The third kappa shape index (κ3) is 3.82. The van der Waals surface area contributed by atoms with Crippen molar-refractivity contribution in [2.45, 2.75) is 37.5 Å². The minimum Gasteiger partial charge on any atom is -0.497 e. The molecule has 2 fully saturated rings. The first-order valence-electron chi connectivity index (χ1n) is 8.78. The van der Waals surface area contributed by atoms with E-state index in [0.29, 0.717) is 19.5 Å². The first kappa shape index (κ1) is 18.2. The van der Waals surface area contributed by atoms with Crippen molar-refractivity contribution in [1.82, 2.24) is 4.90 Å². The number of sulfonamides is 1. The number of nitrogens with zero attached hydrogens (tertiary/aromatic N) is 1. The van der Waals surface area contributed by atoms with E-state index in [1.54, 1.807) is 7.11 Å². The van der Waals surface area contributed by atoms with Gasteiger partial charge in [-0.1, -0.05) is 25.0 Å².